The fourth-order valence-corrected chi connectivity index (χ4v) is 4.08. The number of piperidine rings is 1. The highest BCUT2D eigenvalue weighted by Gasteiger charge is 2.39. The minimum absolute atomic E-state index is 0.178. The quantitative estimate of drug-likeness (QED) is 0.533. The van der Waals surface area contributed by atoms with E-state index in [9.17, 15) is 4.79 Å². The van der Waals surface area contributed by atoms with Crippen molar-refractivity contribution in [2.24, 2.45) is 4.99 Å². The zero-order chi connectivity index (χ0) is 21.7. The molecule has 1 heterocycles. The number of likely N-dealkylation sites (tertiary alicyclic amines) is 1. The predicted octanol–water partition coefficient (Wildman–Crippen LogP) is 2.77. The second kappa shape index (κ2) is 10.3. The average Bonchev–Trinajstić information content (AvgIpc) is 3.48. The summed E-state index contributed by atoms with van der Waals surface area (Å²) in [6, 6.07) is 9.99. The number of likely N-dealkylation sites (N-methyl/N-ethyl adjacent to an activating group) is 1. The predicted molar refractivity (Wildman–Crippen MR) is 124 cm³/mol. The lowest BCUT2D eigenvalue weighted by atomic mass is 10.0. The topological polar surface area (TPSA) is 60.0 Å². The number of nitrogens with zero attached hydrogens (tertiary/aromatic N) is 3. The lowest BCUT2D eigenvalue weighted by molar-refractivity contribution is -0.130. The third-order valence-electron chi connectivity index (χ3n) is 6.25. The molecule has 0 radical (unpaired) electrons. The van der Waals surface area contributed by atoms with E-state index >= 15 is 0 Å². The van der Waals surface area contributed by atoms with E-state index in [-0.39, 0.29) is 5.91 Å². The van der Waals surface area contributed by atoms with Crippen LogP contribution in [0.5, 0.6) is 0 Å². The lowest BCUT2D eigenvalue weighted by Gasteiger charge is -2.33. The van der Waals surface area contributed by atoms with Gasteiger partial charge in [0.15, 0.2) is 5.96 Å². The van der Waals surface area contributed by atoms with E-state index in [1.54, 1.807) is 4.90 Å². The first-order chi connectivity index (χ1) is 14.4. The molecule has 2 N–H and O–H groups in total. The molecule has 6 heteroatoms. The van der Waals surface area contributed by atoms with Crippen LogP contribution in [0.1, 0.15) is 63.0 Å². The van der Waals surface area contributed by atoms with Gasteiger partial charge in [-0.2, -0.15) is 0 Å². The number of rotatable bonds is 7. The molecule has 3 rings (SSSR count). The van der Waals surface area contributed by atoms with Gasteiger partial charge in [0.1, 0.15) is 0 Å². The maximum atomic E-state index is 11.9. The molecule has 2 atom stereocenters. The van der Waals surface area contributed by atoms with E-state index in [2.05, 4.69) is 65.6 Å². The van der Waals surface area contributed by atoms with Crippen LogP contribution in [-0.4, -0.2) is 74.0 Å². The van der Waals surface area contributed by atoms with Crippen molar-refractivity contribution >= 4 is 11.9 Å². The van der Waals surface area contributed by atoms with Crippen LogP contribution in [0.15, 0.2) is 29.3 Å². The molecule has 0 spiro atoms. The van der Waals surface area contributed by atoms with Gasteiger partial charge >= 0.3 is 0 Å². The fourth-order valence-electron chi connectivity index (χ4n) is 4.08. The van der Waals surface area contributed by atoms with Gasteiger partial charge in [-0.15, -0.1) is 0 Å². The number of guanidine groups is 1. The second-order valence-corrected chi connectivity index (χ2v) is 9.22. The van der Waals surface area contributed by atoms with Crippen LogP contribution in [0.3, 0.4) is 0 Å². The third kappa shape index (κ3) is 6.21. The molecule has 2 aliphatic rings. The molecule has 1 amide bonds. The van der Waals surface area contributed by atoms with Crippen LogP contribution in [-0.2, 0) is 4.79 Å². The smallest absolute Gasteiger partial charge is 0.236 e. The van der Waals surface area contributed by atoms with Gasteiger partial charge in [0.25, 0.3) is 0 Å². The third-order valence-corrected chi connectivity index (χ3v) is 6.25. The van der Waals surface area contributed by atoms with Crippen molar-refractivity contribution in [3.05, 3.63) is 35.4 Å². The van der Waals surface area contributed by atoms with Crippen LogP contribution in [0.25, 0.3) is 0 Å². The maximum Gasteiger partial charge on any atom is 0.236 e. The van der Waals surface area contributed by atoms with Crippen molar-refractivity contribution in [1.82, 2.24) is 20.4 Å². The van der Waals surface area contributed by atoms with E-state index in [0.29, 0.717) is 30.5 Å². The van der Waals surface area contributed by atoms with Gasteiger partial charge in [-0.25, -0.2) is 0 Å². The van der Waals surface area contributed by atoms with Crippen molar-refractivity contribution in [3.63, 3.8) is 0 Å². The van der Waals surface area contributed by atoms with Gasteiger partial charge < -0.3 is 15.5 Å². The zero-order valence-electron chi connectivity index (χ0n) is 19.3. The first-order valence-corrected chi connectivity index (χ1v) is 11.5. The Morgan fingerprint density at radius 1 is 1.17 bits per heavy atom. The summed E-state index contributed by atoms with van der Waals surface area (Å²) in [7, 11) is 3.64. The number of carbonyl (C=O) groups is 1. The number of nitrogens with one attached hydrogen (secondary N) is 2. The van der Waals surface area contributed by atoms with Crippen molar-refractivity contribution in [3.8, 4) is 0 Å². The number of benzene rings is 1. The fraction of sp³-hybridized carbons (Fsp3) is 0.667. The molecule has 1 aliphatic carbocycles. The van der Waals surface area contributed by atoms with E-state index in [1.165, 1.54) is 11.1 Å². The maximum absolute atomic E-state index is 11.9. The summed E-state index contributed by atoms with van der Waals surface area (Å²) in [5.74, 6) is 2.27. The zero-order valence-corrected chi connectivity index (χ0v) is 19.3. The SMILES string of the molecule is CCN=C(NC1CCN(CC(=O)N(C)C)CC1)NC1CC1c1ccc(C(C)C)cc1. The Kier molecular flexibility index (Phi) is 7.75. The van der Waals surface area contributed by atoms with Crippen LogP contribution in [0, 0.1) is 0 Å². The normalized spacial score (nSPS) is 22.8. The second-order valence-electron chi connectivity index (χ2n) is 9.22. The van der Waals surface area contributed by atoms with Gasteiger partial charge in [-0.1, -0.05) is 38.1 Å². The largest absolute Gasteiger partial charge is 0.354 e. The Morgan fingerprint density at radius 3 is 2.40 bits per heavy atom. The minimum atomic E-state index is 0.178. The molecule has 2 fully saturated rings. The van der Waals surface area contributed by atoms with Gasteiger partial charge in [0.2, 0.25) is 5.91 Å². The van der Waals surface area contributed by atoms with Crippen molar-refractivity contribution in [2.75, 3.05) is 40.3 Å². The Balaban J connectivity index is 1.46. The molecule has 1 aromatic carbocycles. The number of carbonyl (C=O) groups excluding carboxylic acids is 1. The highest BCUT2D eigenvalue weighted by atomic mass is 16.2. The van der Waals surface area contributed by atoms with Crippen LogP contribution < -0.4 is 10.6 Å². The molecule has 0 aromatic heterocycles. The number of aliphatic imine (C=N–C) groups is 1. The number of amides is 1. The molecule has 2 unspecified atom stereocenters. The molecular weight excluding hydrogens is 374 g/mol. The molecule has 1 saturated heterocycles. The standard InChI is InChI=1S/C24H39N5O/c1-6-25-24(26-20-11-13-29(14-12-20)16-23(30)28(4)5)27-22-15-21(22)19-9-7-18(8-10-19)17(2)3/h7-10,17,20-22H,6,11-16H2,1-5H3,(H2,25,26,27). The van der Waals surface area contributed by atoms with Crippen LogP contribution in [0.2, 0.25) is 0 Å². The first-order valence-electron chi connectivity index (χ1n) is 11.5. The Hall–Kier alpha value is -2.08. The highest BCUT2D eigenvalue weighted by Crippen LogP contribution is 2.41. The summed E-state index contributed by atoms with van der Waals surface area (Å²) < 4.78 is 0. The number of hydrogen-bond donors (Lipinski definition) is 2. The van der Waals surface area contributed by atoms with Gasteiger partial charge in [-0.3, -0.25) is 14.7 Å². The van der Waals surface area contributed by atoms with Crippen molar-refractivity contribution in [2.45, 2.75) is 64.0 Å². The van der Waals surface area contributed by atoms with Gasteiger partial charge in [0.05, 0.1) is 6.54 Å². The van der Waals surface area contributed by atoms with E-state index in [1.807, 2.05) is 14.1 Å². The van der Waals surface area contributed by atoms with E-state index < -0.39 is 0 Å². The van der Waals surface area contributed by atoms with E-state index in [4.69, 9.17) is 0 Å². The minimum Gasteiger partial charge on any atom is -0.354 e. The van der Waals surface area contributed by atoms with Crippen LogP contribution in [0.4, 0.5) is 0 Å². The Morgan fingerprint density at radius 2 is 1.83 bits per heavy atom. The molecule has 30 heavy (non-hydrogen) atoms. The first kappa shape index (κ1) is 22.6. The molecule has 6 nitrogen and oxygen atoms in total. The molecule has 0 bridgehead atoms. The molecule has 1 aliphatic heterocycles. The van der Waals surface area contributed by atoms with Gasteiger partial charge in [-0.05, 0) is 43.2 Å². The monoisotopic (exact) mass is 413 g/mol. The summed E-state index contributed by atoms with van der Waals surface area (Å²) in [4.78, 5) is 20.5. The lowest BCUT2D eigenvalue weighted by Crippen LogP contribution is -2.50. The van der Waals surface area contributed by atoms with Gasteiger partial charge in [0, 0.05) is 51.7 Å². The van der Waals surface area contributed by atoms with Crippen molar-refractivity contribution < 1.29 is 4.79 Å². The summed E-state index contributed by atoms with van der Waals surface area (Å²) in [6.07, 6.45) is 3.24. The summed E-state index contributed by atoms with van der Waals surface area (Å²) in [6.45, 7) is 9.74. The molecule has 1 aromatic rings. The Labute approximate surface area is 182 Å². The summed E-state index contributed by atoms with van der Waals surface area (Å²) in [5, 5.41) is 7.29. The molecular formula is C24H39N5O. The van der Waals surface area contributed by atoms with Crippen molar-refractivity contribution in [1.29, 1.82) is 0 Å². The van der Waals surface area contributed by atoms with Crippen LogP contribution >= 0.6 is 0 Å². The molecule has 166 valence electrons. The number of hydrogen-bond acceptors (Lipinski definition) is 3. The Bertz CT molecular complexity index is 720. The molecule has 1 saturated carbocycles. The van der Waals surface area contributed by atoms with E-state index in [0.717, 1.165) is 44.9 Å². The summed E-state index contributed by atoms with van der Waals surface area (Å²) >= 11 is 0. The summed E-state index contributed by atoms with van der Waals surface area (Å²) in [5.41, 5.74) is 2.82. The highest BCUT2D eigenvalue weighted by molar-refractivity contribution is 5.81. The average molecular weight is 414 g/mol.